The van der Waals surface area contributed by atoms with E-state index < -0.39 is 0 Å². The maximum absolute atomic E-state index is 4.75. The van der Waals surface area contributed by atoms with Crippen LogP contribution < -0.4 is 5.32 Å². The minimum Gasteiger partial charge on any atom is -0.333 e. The molecule has 0 amide bonds. The van der Waals surface area contributed by atoms with Crippen LogP contribution in [0.15, 0.2) is 12.5 Å². The monoisotopic (exact) mass is 264 g/mol. The van der Waals surface area contributed by atoms with Crippen LogP contribution in [-0.2, 0) is 13.0 Å². The molecule has 18 heavy (non-hydrogen) atoms. The van der Waals surface area contributed by atoms with E-state index in [0.717, 1.165) is 18.0 Å². The Morgan fingerprint density at radius 1 is 1.44 bits per heavy atom. The van der Waals surface area contributed by atoms with Gasteiger partial charge in [-0.25, -0.2) is 9.97 Å². The minimum atomic E-state index is 0.136. The highest BCUT2D eigenvalue weighted by Gasteiger charge is 2.20. The van der Waals surface area contributed by atoms with Crippen molar-refractivity contribution in [1.29, 1.82) is 0 Å². The molecule has 98 valence electrons. The third-order valence-electron chi connectivity index (χ3n) is 3.16. The van der Waals surface area contributed by atoms with Crippen LogP contribution in [0.1, 0.15) is 41.2 Å². The van der Waals surface area contributed by atoms with Gasteiger partial charge in [-0.2, -0.15) is 0 Å². The van der Waals surface area contributed by atoms with Crippen molar-refractivity contribution in [1.82, 2.24) is 19.9 Å². The molecule has 0 fully saturated rings. The second-order valence-electron chi connectivity index (χ2n) is 4.23. The Morgan fingerprint density at radius 2 is 2.22 bits per heavy atom. The van der Waals surface area contributed by atoms with Gasteiger partial charge in [0.1, 0.15) is 11.0 Å². The zero-order valence-corrected chi connectivity index (χ0v) is 12.2. The van der Waals surface area contributed by atoms with E-state index in [-0.39, 0.29) is 6.04 Å². The van der Waals surface area contributed by atoms with E-state index >= 15 is 0 Å². The number of hydrogen-bond donors (Lipinski definition) is 1. The zero-order valence-electron chi connectivity index (χ0n) is 11.4. The fraction of sp³-hybridized carbons (Fsp3) is 0.538. The normalized spacial score (nSPS) is 12.9. The average molecular weight is 264 g/mol. The van der Waals surface area contributed by atoms with Crippen molar-refractivity contribution in [3.05, 3.63) is 33.8 Å². The van der Waals surface area contributed by atoms with Crippen LogP contribution in [0.5, 0.6) is 0 Å². The van der Waals surface area contributed by atoms with Crippen molar-refractivity contribution in [2.24, 2.45) is 0 Å². The van der Waals surface area contributed by atoms with Crippen molar-refractivity contribution in [2.75, 3.05) is 7.05 Å². The van der Waals surface area contributed by atoms with Crippen molar-refractivity contribution in [2.45, 2.75) is 39.8 Å². The number of aryl methyl sites for hydroxylation is 3. The van der Waals surface area contributed by atoms with Gasteiger partial charge in [-0.3, -0.25) is 0 Å². The van der Waals surface area contributed by atoms with Gasteiger partial charge in [-0.15, -0.1) is 11.3 Å². The van der Waals surface area contributed by atoms with Crippen LogP contribution in [0.25, 0.3) is 0 Å². The summed E-state index contributed by atoms with van der Waals surface area (Å²) in [4.78, 5) is 10.3. The van der Waals surface area contributed by atoms with Gasteiger partial charge in [-0.05, 0) is 27.3 Å². The Kier molecular flexibility index (Phi) is 4.14. The molecule has 2 aromatic rings. The fourth-order valence-electron chi connectivity index (χ4n) is 2.14. The predicted molar refractivity (Wildman–Crippen MR) is 75.0 cm³/mol. The molecule has 0 spiro atoms. The molecule has 2 heterocycles. The van der Waals surface area contributed by atoms with E-state index in [0.29, 0.717) is 0 Å². The summed E-state index contributed by atoms with van der Waals surface area (Å²) in [7, 11) is 1.97. The minimum absolute atomic E-state index is 0.136. The molecule has 1 N–H and O–H groups in total. The van der Waals surface area contributed by atoms with E-state index in [9.17, 15) is 0 Å². The predicted octanol–water partition coefficient (Wildman–Crippen LogP) is 2.54. The SMILES string of the molecule is CCc1nc(C(NC)c2cncn2CC)sc1C. The lowest BCUT2D eigenvalue weighted by Crippen LogP contribution is -2.20. The summed E-state index contributed by atoms with van der Waals surface area (Å²) in [5, 5.41) is 4.47. The Labute approximate surface area is 112 Å². The molecule has 1 unspecified atom stereocenters. The second-order valence-corrected chi connectivity index (χ2v) is 5.47. The Hall–Kier alpha value is -1.20. The van der Waals surface area contributed by atoms with E-state index in [1.165, 1.54) is 16.3 Å². The molecule has 0 aromatic carbocycles. The first-order chi connectivity index (χ1) is 8.71. The van der Waals surface area contributed by atoms with Crippen LogP contribution in [0.4, 0.5) is 0 Å². The molecule has 0 aliphatic carbocycles. The Bertz CT molecular complexity index is 515. The lowest BCUT2D eigenvalue weighted by atomic mass is 10.2. The summed E-state index contributed by atoms with van der Waals surface area (Å²) < 4.78 is 2.16. The maximum Gasteiger partial charge on any atom is 0.116 e. The maximum atomic E-state index is 4.75. The largest absolute Gasteiger partial charge is 0.333 e. The number of thiazole rings is 1. The summed E-state index contributed by atoms with van der Waals surface area (Å²) >= 11 is 1.77. The first kappa shape index (κ1) is 13.2. The quantitative estimate of drug-likeness (QED) is 0.902. The van der Waals surface area contributed by atoms with Crippen molar-refractivity contribution < 1.29 is 0 Å². The molecule has 0 saturated carbocycles. The lowest BCUT2D eigenvalue weighted by Gasteiger charge is -2.15. The average Bonchev–Trinajstić information content (AvgIpc) is 2.97. The van der Waals surface area contributed by atoms with Gasteiger partial charge < -0.3 is 9.88 Å². The lowest BCUT2D eigenvalue weighted by molar-refractivity contribution is 0.605. The molecule has 2 aromatic heterocycles. The number of aromatic nitrogens is 3. The summed E-state index contributed by atoms with van der Waals surface area (Å²) in [6, 6.07) is 0.136. The highest BCUT2D eigenvalue weighted by molar-refractivity contribution is 7.11. The van der Waals surface area contributed by atoms with Gasteiger partial charge in [0, 0.05) is 11.4 Å². The van der Waals surface area contributed by atoms with Gasteiger partial charge in [-0.1, -0.05) is 6.92 Å². The number of nitrogens with zero attached hydrogens (tertiary/aromatic N) is 3. The molecule has 0 aliphatic heterocycles. The number of hydrogen-bond acceptors (Lipinski definition) is 4. The summed E-state index contributed by atoms with van der Waals surface area (Å²) in [5.74, 6) is 0. The van der Waals surface area contributed by atoms with Crippen LogP contribution >= 0.6 is 11.3 Å². The fourth-order valence-corrected chi connectivity index (χ4v) is 3.27. The highest BCUT2D eigenvalue weighted by Crippen LogP contribution is 2.28. The molecule has 0 radical (unpaired) electrons. The van der Waals surface area contributed by atoms with Gasteiger partial charge in [0.25, 0.3) is 0 Å². The van der Waals surface area contributed by atoms with Crippen molar-refractivity contribution >= 4 is 11.3 Å². The molecule has 1 atom stereocenters. The van der Waals surface area contributed by atoms with E-state index in [4.69, 9.17) is 4.98 Å². The molecule has 4 nitrogen and oxygen atoms in total. The van der Waals surface area contributed by atoms with E-state index in [1.807, 2.05) is 19.6 Å². The first-order valence-electron chi connectivity index (χ1n) is 6.34. The van der Waals surface area contributed by atoms with Gasteiger partial charge >= 0.3 is 0 Å². The summed E-state index contributed by atoms with van der Waals surface area (Å²) in [5.41, 5.74) is 2.38. The Balaban J connectivity index is 2.38. The van der Waals surface area contributed by atoms with Gasteiger partial charge in [0.15, 0.2) is 0 Å². The first-order valence-corrected chi connectivity index (χ1v) is 7.16. The number of imidazole rings is 1. The van der Waals surface area contributed by atoms with Crippen molar-refractivity contribution in [3.63, 3.8) is 0 Å². The molecular weight excluding hydrogens is 244 g/mol. The highest BCUT2D eigenvalue weighted by atomic mass is 32.1. The molecule has 0 saturated heterocycles. The number of nitrogens with one attached hydrogen (secondary N) is 1. The summed E-state index contributed by atoms with van der Waals surface area (Å²) in [6.07, 6.45) is 4.79. The standard InChI is InChI=1S/C13H20N4S/c1-5-10-9(3)18-13(16-10)12(14-4)11-7-15-8-17(11)6-2/h7-8,12,14H,5-6H2,1-4H3. The van der Waals surface area contributed by atoms with Crippen LogP contribution in [0.3, 0.4) is 0 Å². The van der Waals surface area contributed by atoms with Gasteiger partial charge in [0.05, 0.1) is 23.9 Å². The molecular formula is C13H20N4S. The number of rotatable bonds is 5. The third kappa shape index (κ3) is 2.33. The summed E-state index contributed by atoms with van der Waals surface area (Å²) in [6.45, 7) is 7.35. The Morgan fingerprint density at radius 3 is 2.78 bits per heavy atom. The zero-order chi connectivity index (χ0) is 13.1. The smallest absolute Gasteiger partial charge is 0.116 e. The van der Waals surface area contributed by atoms with Gasteiger partial charge in [0.2, 0.25) is 0 Å². The molecule has 0 bridgehead atoms. The topological polar surface area (TPSA) is 42.7 Å². The molecule has 0 aliphatic rings. The van der Waals surface area contributed by atoms with E-state index in [1.54, 1.807) is 11.3 Å². The third-order valence-corrected chi connectivity index (χ3v) is 4.24. The molecule has 2 rings (SSSR count). The van der Waals surface area contributed by atoms with E-state index in [2.05, 4.69) is 35.6 Å². The molecule has 5 heteroatoms. The van der Waals surface area contributed by atoms with Crippen LogP contribution in [0, 0.1) is 6.92 Å². The second kappa shape index (κ2) is 5.63. The van der Waals surface area contributed by atoms with Crippen LogP contribution in [-0.4, -0.2) is 21.6 Å². The van der Waals surface area contributed by atoms with Crippen LogP contribution in [0.2, 0.25) is 0 Å². The van der Waals surface area contributed by atoms with Crippen molar-refractivity contribution in [3.8, 4) is 0 Å².